The van der Waals surface area contributed by atoms with Crippen molar-refractivity contribution in [3.8, 4) is 17.3 Å². The lowest BCUT2D eigenvalue weighted by Crippen LogP contribution is -2.16. The number of aromatic nitrogens is 2. The second kappa shape index (κ2) is 10.1. The Bertz CT molecular complexity index is 1100. The Balaban J connectivity index is 1.75. The lowest BCUT2D eigenvalue weighted by molar-refractivity contribution is 0.0521. The van der Waals surface area contributed by atoms with Crippen LogP contribution in [-0.2, 0) is 4.74 Å². The number of thioether (sulfide) groups is 1. The number of nitrogens with one attached hydrogen (secondary N) is 1. The summed E-state index contributed by atoms with van der Waals surface area (Å²) in [6.07, 6.45) is 1.87. The zero-order chi connectivity index (χ0) is 21.5. The van der Waals surface area contributed by atoms with Crippen molar-refractivity contribution in [2.75, 3.05) is 24.7 Å². The molecule has 8 heteroatoms. The Labute approximate surface area is 184 Å². The van der Waals surface area contributed by atoms with Gasteiger partial charge in [0.15, 0.2) is 5.16 Å². The number of esters is 1. The molecule has 0 atom stereocenters. The van der Waals surface area contributed by atoms with Crippen LogP contribution in [0.15, 0.2) is 53.7 Å². The predicted molar refractivity (Wildman–Crippen MR) is 119 cm³/mol. The van der Waals surface area contributed by atoms with E-state index in [9.17, 15) is 10.1 Å². The average molecular weight is 439 g/mol. The van der Waals surface area contributed by atoms with Gasteiger partial charge in [-0.05, 0) is 25.3 Å². The molecular formula is C22H19ClN4O2S. The minimum absolute atomic E-state index is 0.0907. The lowest BCUT2D eigenvalue weighted by Gasteiger charge is -2.13. The first-order valence-corrected chi connectivity index (χ1v) is 10.7. The molecule has 0 aliphatic rings. The fraction of sp³-hybridized carbons (Fsp3) is 0.182. The van der Waals surface area contributed by atoms with Gasteiger partial charge in [-0.2, -0.15) is 5.26 Å². The van der Waals surface area contributed by atoms with Crippen molar-refractivity contribution in [2.45, 2.75) is 12.1 Å². The van der Waals surface area contributed by atoms with Crippen molar-refractivity contribution in [1.29, 1.82) is 5.26 Å². The lowest BCUT2D eigenvalue weighted by atomic mass is 10.1. The maximum Gasteiger partial charge on any atom is 0.339 e. The van der Waals surface area contributed by atoms with E-state index in [1.165, 1.54) is 11.8 Å². The van der Waals surface area contributed by atoms with E-state index in [4.69, 9.17) is 16.3 Å². The van der Waals surface area contributed by atoms with E-state index in [2.05, 4.69) is 21.4 Å². The van der Waals surface area contributed by atoms with Crippen molar-refractivity contribution in [2.24, 2.45) is 0 Å². The molecule has 1 N–H and O–H groups in total. The summed E-state index contributed by atoms with van der Waals surface area (Å²) in [4.78, 5) is 21.1. The van der Waals surface area contributed by atoms with E-state index < -0.39 is 5.97 Å². The topological polar surface area (TPSA) is 87.9 Å². The fourth-order valence-corrected chi connectivity index (χ4v) is 3.28. The SMILES string of the molecule is CSc1nc(NCCOC(=O)c2ccccc2Cl)c(C#N)c(-c2ccc(C)cc2)n1. The highest BCUT2D eigenvalue weighted by Gasteiger charge is 2.16. The molecular weight excluding hydrogens is 420 g/mol. The fourth-order valence-electron chi connectivity index (χ4n) is 2.70. The molecule has 152 valence electrons. The number of benzene rings is 2. The van der Waals surface area contributed by atoms with Gasteiger partial charge in [0, 0.05) is 5.56 Å². The molecule has 0 aliphatic heterocycles. The van der Waals surface area contributed by atoms with Gasteiger partial charge in [0.25, 0.3) is 0 Å². The number of nitriles is 1. The monoisotopic (exact) mass is 438 g/mol. The minimum atomic E-state index is -0.504. The molecule has 0 radical (unpaired) electrons. The zero-order valence-corrected chi connectivity index (χ0v) is 18.0. The Kier molecular flexibility index (Phi) is 7.28. The third-order valence-electron chi connectivity index (χ3n) is 4.23. The van der Waals surface area contributed by atoms with Crippen LogP contribution in [0, 0.1) is 18.3 Å². The van der Waals surface area contributed by atoms with Crippen LogP contribution in [-0.4, -0.2) is 35.3 Å². The van der Waals surface area contributed by atoms with Crippen LogP contribution >= 0.6 is 23.4 Å². The molecule has 0 saturated carbocycles. The highest BCUT2D eigenvalue weighted by atomic mass is 35.5. The van der Waals surface area contributed by atoms with Gasteiger partial charge in [-0.25, -0.2) is 14.8 Å². The van der Waals surface area contributed by atoms with Gasteiger partial charge < -0.3 is 10.1 Å². The maximum atomic E-state index is 12.2. The number of halogens is 1. The van der Waals surface area contributed by atoms with Crippen molar-refractivity contribution in [1.82, 2.24) is 9.97 Å². The first-order valence-electron chi connectivity index (χ1n) is 9.12. The average Bonchev–Trinajstić information content (AvgIpc) is 2.76. The molecule has 0 bridgehead atoms. The third-order valence-corrected chi connectivity index (χ3v) is 5.11. The molecule has 30 heavy (non-hydrogen) atoms. The molecule has 6 nitrogen and oxygen atoms in total. The number of carbonyl (C=O) groups excluding carboxylic acids is 1. The van der Waals surface area contributed by atoms with Crippen LogP contribution in [0.1, 0.15) is 21.5 Å². The molecule has 3 rings (SSSR count). The zero-order valence-electron chi connectivity index (χ0n) is 16.5. The molecule has 0 aliphatic carbocycles. The van der Waals surface area contributed by atoms with Crippen LogP contribution in [0.25, 0.3) is 11.3 Å². The molecule has 0 spiro atoms. The third kappa shape index (κ3) is 5.09. The van der Waals surface area contributed by atoms with Gasteiger partial charge in [0.05, 0.1) is 22.8 Å². The van der Waals surface area contributed by atoms with Gasteiger partial charge in [-0.15, -0.1) is 0 Å². The van der Waals surface area contributed by atoms with Crippen molar-refractivity contribution in [3.63, 3.8) is 0 Å². The maximum absolute atomic E-state index is 12.2. The number of rotatable bonds is 7. The number of hydrogen-bond acceptors (Lipinski definition) is 7. The second-order valence-corrected chi connectivity index (χ2v) is 7.48. The van der Waals surface area contributed by atoms with Crippen LogP contribution in [0.2, 0.25) is 5.02 Å². The highest BCUT2D eigenvalue weighted by Crippen LogP contribution is 2.28. The first kappa shape index (κ1) is 21.6. The van der Waals surface area contributed by atoms with Gasteiger partial charge in [0.2, 0.25) is 0 Å². The van der Waals surface area contributed by atoms with Crippen molar-refractivity contribution < 1.29 is 9.53 Å². The molecule has 2 aromatic carbocycles. The number of hydrogen-bond donors (Lipinski definition) is 1. The molecule has 0 saturated heterocycles. The van der Waals surface area contributed by atoms with Gasteiger partial charge in [0.1, 0.15) is 24.1 Å². The Morgan fingerprint density at radius 2 is 1.93 bits per heavy atom. The molecule has 0 fully saturated rings. The standard InChI is InChI=1S/C22H19ClN4O2S/c1-14-7-9-15(10-8-14)19-17(13-24)20(27-22(26-19)30-2)25-11-12-29-21(28)16-5-3-4-6-18(16)23/h3-10H,11-12H2,1-2H3,(H,25,26,27). The summed E-state index contributed by atoms with van der Waals surface area (Å²) >= 11 is 7.40. The van der Waals surface area contributed by atoms with Gasteiger partial charge in [-0.3, -0.25) is 0 Å². The summed E-state index contributed by atoms with van der Waals surface area (Å²) < 4.78 is 5.27. The van der Waals surface area contributed by atoms with Crippen LogP contribution in [0.3, 0.4) is 0 Å². The molecule has 3 aromatic rings. The van der Waals surface area contributed by atoms with Gasteiger partial charge >= 0.3 is 5.97 Å². The number of nitrogens with zero attached hydrogens (tertiary/aromatic N) is 3. The van der Waals surface area contributed by atoms with E-state index in [-0.39, 0.29) is 13.2 Å². The predicted octanol–water partition coefficient (Wildman–Crippen LogP) is 4.97. The Morgan fingerprint density at radius 3 is 2.60 bits per heavy atom. The highest BCUT2D eigenvalue weighted by molar-refractivity contribution is 7.98. The molecule has 1 heterocycles. The normalized spacial score (nSPS) is 10.3. The minimum Gasteiger partial charge on any atom is -0.460 e. The largest absolute Gasteiger partial charge is 0.460 e. The number of ether oxygens (including phenoxy) is 1. The van der Waals surface area contributed by atoms with E-state index in [1.807, 2.05) is 37.4 Å². The van der Waals surface area contributed by atoms with Crippen LogP contribution < -0.4 is 5.32 Å². The summed E-state index contributed by atoms with van der Waals surface area (Å²) in [5, 5.41) is 13.7. The van der Waals surface area contributed by atoms with Gasteiger partial charge in [-0.1, -0.05) is 65.3 Å². The van der Waals surface area contributed by atoms with E-state index in [1.54, 1.807) is 24.3 Å². The van der Waals surface area contributed by atoms with E-state index >= 15 is 0 Å². The molecule has 0 unspecified atom stereocenters. The van der Waals surface area contributed by atoms with Crippen LogP contribution in [0.5, 0.6) is 0 Å². The first-order chi connectivity index (χ1) is 14.5. The number of anilines is 1. The quantitative estimate of drug-likeness (QED) is 0.241. The van der Waals surface area contributed by atoms with Crippen molar-refractivity contribution in [3.05, 3.63) is 70.2 Å². The van der Waals surface area contributed by atoms with Crippen molar-refractivity contribution >= 4 is 35.1 Å². The van der Waals surface area contributed by atoms with E-state index in [0.29, 0.717) is 32.8 Å². The molecule has 1 aromatic heterocycles. The summed E-state index contributed by atoms with van der Waals surface area (Å²) in [5.41, 5.74) is 3.17. The summed E-state index contributed by atoms with van der Waals surface area (Å²) in [6, 6.07) is 16.7. The number of aryl methyl sites for hydroxylation is 1. The smallest absolute Gasteiger partial charge is 0.339 e. The molecule has 0 amide bonds. The van der Waals surface area contributed by atoms with Crippen LogP contribution in [0.4, 0.5) is 5.82 Å². The van der Waals surface area contributed by atoms with E-state index in [0.717, 1.165) is 11.1 Å². The number of carbonyl (C=O) groups is 1. The Hall–Kier alpha value is -3.08. The summed E-state index contributed by atoms with van der Waals surface area (Å²) in [5.74, 6) is -0.100. The second-order valence-electron chi connectivity index (χ2n) is 6.30. The Morgan fingerprint density at radius 1 is 1.20 bits per heavy atom. The summed E-state index contributed by atoms with van der Waals surface area (Å²) in [6.45, 7) is 2.37. The summed E-state index contributed by atoms with van der Waals surface area (Å²) in [7, 11) is 0.